The Kier molecular flexibility index (Phi) is 1.95. The van der Waals surface area contributed by atoms with E-state index in [1.54, 1.807) is 6.07 Å². The van der Waals surface area contributed by atoms with Crippen molar-refractivity contribution in [3.8, 4) is 0 Å². The van der Waals surface area contributed by atoms with Gasteiger partial charge in [0.05, 0.1) is 5.54 Å². The fourth-order valence-corrected chi connectivity index (χ4v) is 2.61. The SMILES string of the molecule is Nc1cccc(N2CC3(CCN3C(=O)O)C2)n1. The molecule has 3 rings (SSSR count). The number of hydrogen-bond donors (Lipinski definition) is 2. The third-order valence-electron chi connectivity index (χ3n) is 3.65. The van der Waals surface area contributed by atoms with Crippen LogP contribution in [0, 0.1) is 0 Å². The summed E-state index contributed by atoms with van der Waals surface area (Å²) in [5.74, 6) is 1.32. The Morgan fingerprint density at radius 3 is 2.76 bits per heavy atom. The first-order valence-electron chi connectivity index (χ1n) is 5.59. The molecule has 0 aliphatic carbocycles. The molecule has 1 amide bonds. The zero-order valence-corrected chi connectivity index (χ0v) is 9.33. The van der Waals surface area contributed by atoms with Gasteiger partial charge in [0.15, 0.2) is 0 Å². The molecule has 3 heterocycles. The average molecular weight is 234 g/mol. The lowest BCUT2D eigenvalue weighted by molar-refractivity contribution is -0.0192. The number of anilines is 2. The Bertz CT molecular complexity index is 470. The van der Waals surface area contributed by atoms with Crippen molar-refractivity contribution in [3.05, 3.63) is 18.2 Å². The van der Waals surface area contributed by atoms with E-state index in [0.29, 0.717) is 12.4 Å². The molecule has 2 fully saturated rings. The Labute approximate surface area is 98.6 Å². The van der Waals surface area contributed by atoms with Gasteiger partial charge in [0.2, 0.25) is 0 Å². The molecule has 6 nitrogen and oxygen atoms in total. The van der Waals surface area contributed by atoms with E-state index in [9.17, 15) is 4.79 Å². The molecule has 1 aromatic rings. The Morgan fingerprint density at radius 2 is 2.24 bits per heavy atom. The number of rotatable bonds is 1. The highest BCUT2D eigenvalue weighted by atomic mass is 16.4. The van der Waals surface area contributed by atoms with E-state index in [2.05, 4.69) is 9.88 Å². The molecule has 6 heteroatoms. The number of likely N-dealkylation sites (tertiary alicyclic amines) is 1. The lowest BCUT2D eigenvalue weighted by Crippen LogP contribution is -2.78. The molecule has 0 aromatic carbocycles. The van der Waals surface area contributed by atoms with E-state index in [0.717, 1.165) is 25.3 Å². The third-order valence-corrected chi connectivity index (χ3v) is 3.65. The van der Waals surface area contributed by atoms with Crippen LogP contribution < -0.4 is 10.6 Å². The number of aromatic nitrogens is 1. The number of carbonyl (C=O) groups is 1. The Hall–Kier alpha value is -1.98. The summed E-state index contributed by atoms with van der Waals surface area (Å²) in [6.07, 6.45) is 0.120. The molecule has 0 unspecified atom stereocenters. The fourth-order valence-electron chi connectivity index (χ4n) is 2.61. The maximum absolute atomic E-state index is 11.0. The minimum Gasteiger partial charge on any atom is -0.465 e. The van der Waals surface area contributed by atoms with Gasteiger partial charge >= 0.3 is 6.09 Å². The Balaban J connectivity index is 1.71. The van der Waals surface area contributed by atoms with Crippen LogP contribution in [0.2, 0.25) is 0 Å². The van der Waals surface area contributed by atoms with Crippen LogP contribution in [0.5, 0.6) is 0 Å². The highest BCUT2D eigenvalue weighted by Gasteiger charge is 2.55. The molecule has 2 aliphatic rings. The van der Waals surface area contributed by atoms with E-state index in [4.69, 9.17) is 10.8 Å². The monoisotopic (exact) mass is 234 g/mol. The minimum absolute atomic E-state index is 0.169. The minimum atomic E-state index is -0.823. The van der Waals surface area contributed by atoms with Gasteiger partial charge in [-0.15, -0.1) is 0 Å². The van der Waals surface area contributed by atoms with Crippen LogP contribution in [-0.2, 0) is 0 Å². The quantitative estimate of drug-likeness (QED) is 0.743. The van der Waals surface area contributed by atoms with E-state index in [-0.39, 0.29) is 5.54 Å². The zero-order chi connectivity index (χ0) is 12.0. The van der Waals surface area contributed by atoms with Crippen LogP contribution in [0.25, 0.3) is 0 Å². The van der Waals surface area contributed by atoms with Crippen molar-refractivity contribution in [3.63, 3.8) is 0 Å². The average Bonchev–Trinajstić information content (AvgIpc) is 2.12. The highest BCUT2D eigenvalue weighted by Crippen LogP contribution is 2.40. The molecule has 0 atom stereocenters. The van der Waals surface area contributed by atoms with Gasteiger partial charge in [-0.3, -0.25) is 4.90 Å². The lowest BCUT2D eigenvalue weighted by Gasteiger charge is -2.61. The van der Waals surface area contributed by atoms with Gasteiger partial charge in [-0.05, 0) is 18.6 Å². The van der Waals surface area contributed by atoms with Crippen molar-refractivity contribution in [2.24, 2.45) is 0 Å². The predicted molar refractivity (Wildman–Crippen MR) is 62.9 cm³/mol. The fraction of sp³-hybridized carbons (Fsp3) is 0.455. The molecule has 17 heavy (non-hydrogen) atoms. The first kappa shape index (κ1) is 10.2. The first-order chi connectivity index (χ1) is 8.11. The summed E-state index contributed by atoms with van der Waals surface area (Å²) in [5.41, 5.74) is 5.45. The predicted octanol–water partition coefficient (Wildman–Crippen LogP) is 0.606. The summed E-state index contributed by atoms with van der Waals surface area (Å²) in [6, 6.07) is 5.50. The number of nitrogens with two attached hydrogens (primary N) is 1. The molecule has 3 N–H and O–H groups in total. The summed E-state index contributed by atoms with van der Waals surface area (Å²) >= 11 is 0. The molecule has 0 radical (unpaired) electrons. The number of nitrogen functional groups attached to an aromatic ring is 1. The van der Waals surface area contributed by atoms with Crippen molar-refractivity contribution >= 4 is 17.7 Å². The second-order valence-electron chi connectivity index (χ2n) is 4.69. The van der Waals surface area contributed by atoms with Crippen molar-refractivity contribution in [2.45, 2.75) is 12.0 Å². The summed E-state index contributed by atoms with van der Waals surface area (Å²) in [7, 11) is 0. The maximum Gasteiger partial charge on any atom is 0.407 e. The van der Waals surface area contributed by atoms with Gasteiger partial charge in [0, 0.05) is 19.6 Å². The third kappa shape index (κ3) is 1.40. The maximum atomic E-state index is 11.0. The summed E-state index contributed by atoms with van der Waals surface area (Å²) in [4.78, 5) is 18.8. The molecular weight excluding hydrogens is 220 g/mol. The van der Waals surface area contributed by atoms with Gasteiger partial charge in [0.1, 0.15) is 11.6 Å². The Morgan fingerprint density at radius 1 is 1.47 bits per heavy atom. The van der Waals surface area contributed by atoms with Crippen molar-refractivity contribution in [1.82, 2.24) is 9.88 Å². The van der Waals surface area contributed by atoms with E-state index >= 15 is 0 Å². The van der Waals surface area contributed by atoms with Crippen LogP contribution in [0.15, 0.2) is 18.2 Å². The van der Waals surface area contributed by atoms with Gasteiger partial charge < -0.3 is 15.7 Å². The molecule has 90 valence electrons. The van der Waals surface area contributed by atoms with Crippen molar-refractivity contribution in [2.75, 3.05) is 30.3 Å². The standard InChI is InChI=1S/C11H14N4O2/c12-8-2-1-3-9(13-8)14-6-11(7-14)4-5-15(11)10(16)17/h1-3H,4-7H2,(H2,12,13)(H,16,17). The second kappa shape index (κ2) is 3.26. The lowest BCUT2D eigenvalue weighted by atomic mass is 9.78. The number of pyridine rings is 1. The number of hydrogen-bond acceptors (Lipinski definition) is 4. The van der Waals surface area contributed by atoms with Crippen LogP contribution in [0.4, 0.5) is 16.4 Å². The van der Waals surface area contributed by atoms with Gasteiger partial charge in [-0.2, -0.15) is 0 Å². The number of amides is 1. The zero-order valence-electron chi connectivity index (χ0n) is 9.33. The van der Waals surface area contributed by atoms with Gasteiger partial charge in [-0.25, -0.2) is 9.78 Å². The first-order valence-corrected chi connectivity index (χ1v) is 5.59. The molecule has 2 aliphatic heterocycles. The van der Waals surface area contributed by atoms with E-state index in [1.165, 1.54) is 4.90 Å². The van der Waals surface area contributed by atoms with Gasteiger partial charge in [0.25, 0.3) is 0 Å². The number of carboxylic acid groups (broad SMARTS) is 1. The van der Waals surface area contributed by atoms with Gasteiger partial charge in [-0.1, -0.05) is 6.07 Å². The van der Waals surface area contributed by atoms with E-state index in [1.807, 2.05) is 12.1 Å². The largest absolute Gasteiger partial charge is 0.465 e. The highest BCUT2D eigenvalue weighted by molar-refractivity contribution is 5.69. The second-order valence-corrected chi connectivity index (χ2v) is 4.69. The molecule has 0 saturated carbocycles. The summed E-state index contributed by atoms with van der Waals surface area (Å²) < 4.78 is 0. The van der Waals surface area contributed by atoms with Crippen molar-refractivity contribution < 1.29 is 9.90 Å². The summed E-state index contributed by atoms with van der Waals surface area (Å²) in [6.45, 7) is 2.08. The smallest absolute Gasteiger partial charge is 0.407 e. The van der Waals surface area contributed by atoms with Crippen molar-refractivity contribution in [1.29, 1.82) is 0 Å². The summed E-state index contributed by atoms with van der Waals surface area (Å²) in [5, 5.41) is 9.01. The van der Waals surface area contributed by atoms with Crippen LogP contribution in [0.3, 0.4) is 0 Å². The van der Waals surface area contributed by atoms with Crippen LogP contribution >= 0.6 is 0 Å². The van der Waals surface area contributed by atoms with Crippen LogP contribution in [-0.4, -0.2) is 46.3 Å². The molecule has 1 aromatic heterocycles. The number of nitrogens with zero attached hydrogens (tertiary/aromatic N) is 3. The molecule has 2 saturated heterocycles. The van der Waals surface area contributed by atoms with E-state index < -0.39 is 6.09 Å². The molecular formula is C11H14N4O2. The molecule has 1 spiro atoms. The van der Waals surface area contributed by atoms with Crippen LogP contribution in [0.1, 0.15) is 6.42 Å². The molecule has 0 bridgehead atoms. The topological polar surface area (TPSA) is 82.7 Å². The normalized spacial score (nSPS) is 20.9.